The molecular weight excluding hydrogens is 362 g/mol. The second-order valence-corrected chi connectivity index (χ2v) is 6.12. The number of hydrogen-bond donors (Lipinski definition) is 2. The van der Waals surface area contributed by atoms with Gasteiger partial charge in [0.1, 0.15) is 12.3 Å². The fraction of sp³-hybridized carbons (Fsp3) is 0.200. The molecule has 0 fully saturated rings. The number of nitrogens with zero attached hydrogens (tertiary/aromatic N) is 1. The lowest BCUT2D eigenvalue weighted by Gasteiger charge is -2.08. The summed E-state index contributed by atoms with van der Waals surface area (Å²) in [5.41, 5.74) is 0.867. The van der Waals surface area contributed by atoms with E-state index in [4.69, 9.17) is 9.26 Å². The van der Waals surface area contributed by atoms with E-state index < -0.39 is 18.5 Å². The van der Waals surface area contributed by atoms with Crippen molar-refractivity contribution in [1.29, 1.82) is 0 Å². The average Bonchev–Trinajstić information content (AvgIpc) is 3.09. The Balaban J connectivity index is 1.42. The predicted molar refractivity (Wildman–Crippen MR) is 101 cm³/mol. The monoisotopic (exact) mass is 381 g/mol. The summed E-state index contributed by atoms with van der Waals surface area (Å²) in [6.45, 7) is 0.882. The van der Waals surface area contributed by atoms with E-state index in [1.807, 2.05) is 42.5 Å². The maximum absolute atomic E-state index is 12.1. The summed E-state index contributed by atoms with van der Waals surface area (Å²) in [6, 6.07) is 15.0. The molecule has 0 saturated carbocycles. The third-order valence-electron chi connectivity index (χ3n) is 3.92. The van der Waals surface area contributed by atoms with Crippen molar-refractivity contribution >= 4 is 34.4 Å². The fourth-order valence-electron chi connectivity index (χ4n) is 2.65. The third kappa shape index (κ3) is 5.16. The first-order valence-corrected chi connectivity index (χ1v) is 8.63. The Morgan fingerprint density at radius 3 is 2.64 bits per heavy atom. The van der Waals surface area contributed by atoms with E-state index >= 15 is 0 Å². The standard InChI is InChI=1S/C20H19N3O5/c1-13-9-17(23-28-13)22-19(25)12-27-20(26)11-21-18(24)10-15-7-4-6-14-5-2-3-8-16(14)15/h2-9H,10-12H2,1H3,(H,21,24)(H,22,23,25). The number of esters is 1. The highest BCUT2D eigenvalue weighted by molar-refractivity contribution is 5.93. The second-order valence-electron chi connectivity index (χ2n) is 6.12. The van der Waals surface area contributed by atoms with Gasteiger partial charge in [0, 0.05) is 6.07 Å². The molecule has 28 heavy (non-hydrogen) atoms. The van der Waals surface area contributed by atoms with E-state index in [1.54, 1.807) is 6.92 Å². The molecule has 3 rings (SSSR count). The van der Waals surface area contributed by atoms with Crippen molar-refractivity contribution < 1.29 is 23.6 Å². The summed E-state index contributed by atoms with van der Waals surface area (Å²) in [5.74, 6) is -0.791. The van der Waals surface area contributed by atoms with Crippen LogP contribution in [0.25, 0.3) is 10.8 Å². The first kappa shape index (κ1) is 19.1. The van der Waals surface area contributed by atoms with Gasteiger partial charge in [-0.25, -0.2) is 0 Å². The molecule has 3 aromatic rings. The van der Waals surface area contributed by atoms with E-state index in [-0.39, 0.29) is 24.7 Å². The van der Waals surface area contributed by atoms with Crippen LogP contribution < -0.4 is 10.6 Å². The van der Waals surface area contributed by atoms with Crippen LogP contribution in [0.15, 0.2) is 53.1 Å². The second kappa shape index (κ2) is 8.81. The van der Waals surface area contributed by atoms with Crippen LogP contribution in [0.3, 0.4) is 0 Å². The molecule has 0 aliphatic rings. The van der Waals surface area contributed by atoms with Gasteiger partial charge in [-0.3, -0.25) is 14.4 Å². The molecule has 8 heteroatoms. The third-order valence-corrected chi connectivity index (χ3v) is 3.92. The van der Waals surface area contributed by atoms with Crippen LogP contribution in [0.1, 0.15) is 11.3 Å². The van der Waals surface area contributed by atoms with Crippen LogP contribution in [0.4, 0.5) is 5.82 Å². The van der Waals surface area contributed by atoms with Crippen LogP contribution in [-0.2, 0) is 25.5 Å². The maximum atomic E-state index is 12.1. The van der Waals surface area contributed by atoms with Crippen LogP contribution in [-0.4, -0.2) is 36.1 Å². The summed E-state index contributed by atoms with van der Waals surface area (Å²) in [7, 11) is 0. The van der Waals surface area contributed by atoms with Gasteiger partial charge < -0.3 is 19.9 Å². The maximum Gasteiger partial charge on any atom is 0.325 e. The number of fused-ring (bicyclic) bond motifs is 1. The molecular formula is C20H19N3O5. The first-order valence-electron chi connectivity index (χ1n) is 8.63. The molecule has 2 aromatic carbocycles. The zero-order valence-corrected chi connectivity index (χ0v) is 15.2. The van der Waals surface area contributed by atoms with Gasteiger partial charge in [-0.2, -0.15) is 0 Å². The summed E-state index contributed by atoms with van der Waals surface area (Å²) in [4.78, 5) is 35.5. The predicted octanol–water partition coefficient (Wildman–Crippen LogP) is 1.98. The van der Waals surface area contributed by atoms with Gasteiger partial charge in [0.25, 0.3) is 5.91 Å². The van der Waals surface area contributed by atoms with Crippen molar-refractivity contribution in [2.75, 3.05) is 18.5 Å². The van der Waals surface area contributed by atoms with Gasteiger partial charge in [0.15, 0.2) is 12.4 Å². The number of carbonyl (C=O) groups is 3. The number of rotatable bonds is 7. The average molecular weight is 381 g/mol. The molecule has 0 spiro atoms. The van der Waals surface area contributed by atoms with Crippen molar-refractivity contribution in [3.63, 3.8) is 0 Å². The van der Waals surface area contributed by atoms with Crippen molar-refractivity contribution in [1.82, 2.24) is 10.5 Å². The minimum Gasteiger partial charge on any atom is -0.454 e. The number of carbonyl (C=O) groups excluding carboxylic acids is 3. The molecule has 1 aromatic heterocycles. The molecule has 0 saturated heterocycles. The van der Waals surface area contributed by atoms with Gasteiger partial charge >= 0.3 is 5.97 Å². The summed E-state index contributed by atoms with van der Waals surface area (Å²) in [6.07, 6.45) is 0.140. The smallest absolute Gasteiger partial charge is 0.325 e. The number of aryl methyl sites for hydroxylation is 1. The molecule has 1 heterocycles. The lowest BCUT2D eigenvalue weighted by atomic mass is 10.0. The Morgan fingerprint density at radius 1 is 1.07 bits per heavy atom. The van der Waals surface area contributed by atoms with E-state index in [1.165, 1.54) is 6.07 Å². The molecule has 0 aliphatic carbocycles. The molecule has 2 N–H and O–H groups in total. The number of amides is 2. The minimum absolute atomic E-state index is 0.140. The van der Waals surface area contributed by atoms with Gasteiger partial charge in [-0.05, 0) is 23.3 Å². The number of nitrogens with one attached hydrogen (secondary N) is 2. The highest BCUT2D eigenvalue weighted by atomic mass is 16.5. The molecule has 0 radical (unpaired) electrons. The number of hydrogen-bond acceptors (Lipinski definition) is 6. The van der Waals surface area contributed by atoms with Crippen LogP contribution in [0, 0.1) is 6.92 Å². The van der Waals surface area contributed by atoms with E-state index in [0.29, 0.717) is 5.76 Å². The SMILES string of the molecule is Cc1cc(NC(=O)COC(=O)CNC(=O)Cc2cccc3ccccc23)no1. The fourth-order valence-corrected chi connectivity index (χ4v) is 2.65. The number of benzene rings is 2. The Bertz CT molecular complexity index is 1010. The Kier molecular flexibility index (Phi) is 6.01. The largest absolute Gasteiger partial charge is 0.454 e. The molecule has 0 atom stereocenters. The summed E-state index contributed by atoms with van der Waals surface area (Å²) >= 11 is 0. The molecule has 0 unspecified atom stereocenters. The number of ether oxygens (including phenoxy) is 1. The molecule has 8 nitrogen and oxygen atoms in total. The minimum atomic E-state index is -0.710. The molecule has 0 aliphatic heterocycles. The van der Waals surface area contributed by atoms with Crippen LogP contribution >= 0.6 is 0 Å². The number of anilines is 1. The normalized spacial score (nSPS) is 10.5. The Hall–Kier alpha value is -3.68. The Morgan fingerprint density at radius 2 is 1.86 bits per heavy atom. The highest BCUT2D eigenvalue weighted by Crippen LogP contribution is 2.18. The van der Waals surface area contributed by atoms with Gasteiger partial charge in [-0.15, -0.1) is 0 Å². The van der Waals surface area contributed by atoms with Crippen LogP contribution in [0.5, 0.6) is 0 Å². The Labute approximate surface area is 160 Å². The van der Waals surface area contributed by atoms with E-state index in [9.17, 15) is 14.4 Å². The van der Waals surface area contributed by atoms with Crippen molar-refractivity contribution in [3.8, 4) is 0 Å². The van der Waals surface area contributed by atoms with E-state index in [0.717, 1.165) is 16.3 Å². The van der Waals surface area contributed by atoms with Crippen molar-refractivity contribution in [3.05, 3.63) is 59.9 Å². The van der Waals surface area contributed by atoms with Gasteiger partial charge in [0.05, 0.1) is 6.42 Å². The van der Waals surface area contributed by atoms with Gasteiger partial charge in [0.2, 0.25) is 5.91 Å². The van der Waals surface area contributed by atoms with Crippen LogP contribution in [0.2, 0.25) is 0 Å². The number of aromatic nitrogens is 1. The first-order chi connectivity index (χ1) is 13.5. The molecule has 0 bridgehead atoms. The molecule has 2 amide bonds. The van der Waals surface area contributed by atoms with Crippen molar-refractivity contribution in [2.45, 2.75) is 13.3 Å². The lowest BCUT2D eigenvalue weighted by molar-refractivity contribution is -0.147. The summed E-state index contributed by atoms with van der Waals surface area (Å²) in [5, 5.41) is 10.6. The topological polar surface area (TPSA) is 111 Å². The molecule has 144 valence electrons. The zero-order valence-electron chi connectivity index (χ0n) is 15.2. The quantitative estimate of drug-likeness (QED) is 0.606. The highest BCUT2D eigenvalue weighted by Gasteiger charge is 2.12. The summed E-state index contributed by atoms with van der Waals surface area (Å²) < 4.78 is 9.64. The van der Waals surface area contributed by atoms with Crippen molar-refractivity contribution in [2.24, 2.45) is 0 Å². The van der Waals surface area contributed by atoms with E-state index in [2.05, 4.69) is 15.8 Å². The van der Waals surface area contributed by atoms with Gasteiger partial charge in [-0.1, -0.05) is 47.6 Å². The zero-order chi connectivity index (χ0) is 19.9. The lowest BCUT2D eigenvalue weighted by Crippen LogP contribution is -2.33.